The van der Waals surface area contributed by atoms with E-state index in [1.54, 1.807) is 36.4 Å². The van der Waals surface area contributed by atoms with Gasteiger partial charge in [0.2, 0.25) is 10.0 Å². The number of nitrogens with one attached hydrogen (secondary N) is 2. The van der Waals surface area contributed by atoms with Gasteiger partial charge < -0.3 is 20.1 Å². The summed E-state index contributed by atoms with van der Waals surface area (Å²) in [6, 6.07) is 11.5. The van der Waals surface area contributed by atoms with Gasteiger partial charge in [0.15, 0.2) is 0 Å². The summed E-state index contributed by atoms with van der Waals surface area (Å²) in [4.78, 5) is 25.0. The molecule has 3 rings (SSSR count). The van der Waals surface area contributed by atoms with Crippen LogP contribution in [0.25, 0.3) is 0 Å². The Kier molecular flexibility index (Phi) is 8.43. The lowest BCUT2D eigenvalue weighted by atomic mass is 10.1. The number of hydrogen-bond donors (Lipinski definition) is 2. The van der Waals surface area contributed by atoms with Gasteiger partial charge in [-0.1, -0.05) is 19.1 Å². The number of rotatable bonds is 9. The van der Waals surface area contributed by atoms with E-state index in [0.29, 0.717) is 36.5 Å². The van der Waals surface area contributed by atoms with Gasteiger partial charge in [0.05, 0.1) is 25.2 Å². The molecule has 2 N–H and O–H groups in total. The molecule has 0 aromatic heterocycles. The molecule has 2 amide bonds. The van der Waals surface area contributed by atoms with E-state index in [0.717, 1.165) is 0 Å². The van der Waals surface area contributed by atoms with Gasteiger partial charge in [0.25, 0.3) is 11.8 Å². The molecular formula is C23H29N3O6S. The summed E-state index contributed by atoms with van der Waals surface area (Å²) in [5.41, 5.74) is 1.36. The van der Waals surface area contributed by atoms with Gasteiger partial charge in [-0.3, -0.25) is 9.59 Å². The van der Waals surface area contributed by atoms with Gasteiger partial charge in [-0.15, -0.1) is 0 Å². The summed E-state index contributed by atoms with van der Waals surface area (Å²) in [7, 11) is -2.20. The molecule has 1 saturated heterocycles. The second-order valence-electron chi connectivity index (χ2n) is 7.44. The van der Waals surface area contributed by atoms with Crippen molar-refractivity contribution in [2.24, 2.45) is 0 Å². The Morgan fingerprint density at radius 3 is 2.24 bits per heavy atom. The molecule has 1 aliphatic heterocycles. The number of ether oxygens (including phenoxy) is 2. The van der Waals surface area contributed by atoms with Crippen LogP contribution in [-0.2, 0) is 21.2 Å². The SMILES string of the molecule is CCc1ccc(C(=O)NCCNC(=O)c2cccc(OC)c2)cc1S(=O)(=O)N1CCOCC1. The molecular weight excluding hydrogens is 446 g/mol. The predicted molar refractivity (Wildman–Crippen MR) is 123 cm³/mol. The molecule has 1 fully saturated rings. The summed E-state index contributed by atoms with van der Waals surface area (Å²) in [6.45, 7) is 3.55. The Hall–Kier alpha value is -2.95. The molecule has 0 atom stereocenters. The molecule has 0 unspecified atom stereocenters. The van der Waals surface area contributed by atoms with Gasteiger partial charge in [0.1, 0.15) is 5.75 Å². The first-order chi connectivity index (χ1) is 15.9. The van der Waals surface area contributed by atoms with Crippen LogP contribution < -0.4 is 15.4 Å². The number of morpholine rings is 1. The van der Waals surface area contributed by atoms with Gasteiger partial charge in [-0.2, -0.15) is 4.31 Å². The van der Waals surface area contributed by atoms with Gasteiger partial charge in [-0.25, -0.2) is 8.42 Å². The lowest BCUT2D eigenvalue weighted by molar-refractivity contribution is 0.0730. The molecule has 1 aliphatic rings. The standard InChI is InChI=1S/C23H29N3O6S/c1-3-17-7-8-19(16-21(17)33(29,30)26-11-13-32-14-12-26)23(28)25-10-9-24-22(27)18-5-4-6-20(15-18)31-2/h4-8,15-16H,3,9-14H2,1-2H3,(H,24,27)(H,25,28). The maximum absolute atomic E-state index is 13.1. The molecule has 0 spiro atoms. The maximum Gasteiger partial charge on any atom is 0.251 e. The quantitative estimate of drug-likeness (QED) is 0.531. The minimum absolute atomic E-state index is 0.144. The van der Waals surface area contributed by atoms with Crippen LogP contribution in [0.4, 0.5) is 0 Å². The largest absolute Gasteiger partial charge is 0.497 e. The Bertz CT molecular complexity index is 1100. The van der Waals surface area contributed by atoms with Crippen molar-refractivity contribution < 1.29 is 27.5 Å². The van der Waals surface area contributed by atoms with Crippen LogP contribution in [0, 0.1) is 0 Å². The third-order valence-corrected chi connectivity index (χ3v) is 7.31. The molecule has 2 aromatic rings. The minimum atomic E-state index is -3.73. The molecule has 1 heterocycles. The highest BCUT2D eigenvalue weighted by Crippen LogP contribution is 2.23. The number of benzene rings is 2. The molecule has 0 bridgehead atoms. The Morgan fingerprint density at radius 2 is 1.64 bits per heavy atom. The summed E-state index contributed by atoms with van der Waals surface area (Å²) in [6.07, 6.45) is 0.525. The van der Waals surface area contributed by atoms with Crippen LogP contribution in [0.5, 0.6) is 5.75 Å². The van der Waals surface area contributed by atoms with Crippen molar-refractivity contribution in [2.45, 2.75) is 18.2 Å². The molecule has 0 aliphatic carbocycles. The first kappa shape index (κ1) is 24.7. The maximum atomic E-state index is 13.1. The predicted octanol–water partition coefficient (Wildman–Crippen LogP) is 1.44. The molecule has 0 radical (unpaired) electrons. The average Bonchev–Trinajstić information content (AvgIpc) is 2.86. The number of carbonyl (C=O) groups is 2. The third-order valence-electron chi connectivity index (χ3n) is 5.33. The summed E-state index contributed by atoms with van der Waals surface area (Å²) >= 11 is 0. The zero-order valence-corrected chi connectivity index (χ0v) is 19.6. The van der Waals surface area contributed by atoms with Crippen molar-refractivity contribution in [2.75, 3.05) is 46.5 Å². The molecule has 178 valence electrons. The second-order valence-corrected chi connectivity index (χ2v) is 9.34. The highest BCUT2D eigenvalue weighted by molar-refractivity contribution is 7.89. The van der Waals surface area contributed by atoms with E-state index in [1.165, 1.54) is 17.5 Å². The van der Waals surface area contributed by atoms with Crippen LogP contribution in [0.3, 0.4) is 0 Å². The van der Waals surface area contributed by atoms with Crippen molar-refractivity contribution in [1.29, 1.82) is 0 Å². The number of hydrogen-bond acceptors (Lipinski definition) is 6. The second kappa shape index (κ2) is 11.3. The molecule has 9 nitrogen and oxygen atoms in total. The first-order valence-electron chi connectivity index (χ1n) is 10.8. The van der Waals surface area contributed by atoms with E-state index in [-0.39, 0.29) is 42.5 Å². The number of aryl methyl sites for hydroxylation is 1. The van der Waals surface area contributed by atoms with Gasteiger partial charge in [-0.05, 0) is 42.3 Å². The summed E-state index contributed by atoms with van der Waals surface area (Å²) in [5, 5.41) is 5.45. The molecule has 33 heavy (non-hydrogen) atoms. The van der Waals surface area contributed by atoms with E-state index in [1.807, 2.05) is 6.92 Å². The van der Waals surface area contributed by atoms with E-state index < -0.39 is 15.9 Å². The van der Waals surface area contributed by atoms with Crippen LogP contribution >= 0.6 is 0 Å². The normalized spacial score (nSPS) is 14.5. The monoisotopic (exact) mass is 475 g/mol. The smallest absolute Gasteiger partial charge is 0.251 e. The molecule has 0 saturated carbocycles. The topological polar surface area (TPSA) is 114 Å². The molecule has 2 aromatic carbocycles. The highest BCUT2D eigenvalue weighted by atomic mass is 32.2. The van der Waals surface area contributed by atoms with Crippen LogP contribution in [0.2, 0.25) is 0 Å². The van der Waals surface area contributed by atoms with E-state index in [4.69, 9.17) is 9.47 Å². The van der Waals surface area contributed by atoms with Crippen LogP contribution in [0.1, 0.15) is 33.2 Å². The fraction of sp³-hybridized carbons (Fsp3) is 0.391. The van der Waals surface area contributed by atoms with E-state index in [9.17, 15) is 18.0 Å². The number of methoxy groups -OCH3 is 1. The lowest BCUT2D eigenvalue weighted by Crippen LogP contribution is -2.41. The lowest BCUT2D eigenvalue weighted by Gasteiger charge is -2.27. The third kappa shape index (κ3) is 6.10. The number of nitrogens with zero attached hydrogens (tertiary/aromatic N) is 1. The van der Waals surface area contributed by atoms with E-state index in [2.05, 4.69) is 10.6 Å². The Labute approximate surface area is 194 Å². The average molecular weight is 476 g/mol. The van der Waals surface area contributed by atoms with Crippen LogP contribution in [0.15, 0.2) is 47.4 Å². The van der Waals surface area contributed by atoms with Crippen molar-refractivity contribution in [3.63, 3.8) is 0 Å². The van der Waals surface area contributed by atoms with Crippen molar-refractivity contribution in [3.05, 3.63) is 59.2 Å². The number of sulfonamides is 1. The van der Waals surface area contributed by atoms with Crippen LogP contribution in [-0.4, -0.2) is 71.0 Å². The zero-order valence-electron chi connectivity index (χ0n) is 18.8. The Morgan fingerprint density at radius 1 is 1.00 bits per heavy atom. The van der Waals surface area contributed by atoms with E-state index >= 15 is 0 Å². The fourth-order valence-electron chi connectivity index (χ4n) is 3.47. The summed E-state index contributed by atoms with van der Waals surface area (Å²) in [5.74, 6) is -0.115. The number of amides is 2. The highest BCUT2D eigenvalue weighted by Gasteiger charge is 2.29. The summed E-state index contributed by atoms with van der Waals surface area (Å²) < 4.78 is 38.0. The first-order valence-corrected chi connectivity index (χ1v) is 12.2. The van der Waals surface area contributed by atoms with Gasteiger partial charge >= 0.3 is 0 Å². The molecule has 10 heteroatoms. The fourth-order valence-corrected chi connectivity index (χ4v) is 5.20. The van der Waals surface area contributed by atoms with Gasteiger partial charge in [0, 0.05) is 37.3 Å². The zero-order chi connectivity index (χ0) is 23.8. The van der Waals surface area contributed by atoms with Crippen molar-refractivity contribution in [3.8, 4) is 5.75 Å². The Balaban J connectivity index is 1.62. The minimum Gasteiger partial charge on any atom is -0.497 e. The van der Waals surface area contributed by atoms with Crippen molar-refractivity contribution in [1.82, 2.24) is 14.9 Å². The number of carbonyl (C=O) groups excluding carboxylic acids is 2. The van der Waals surface area contributed by atoms with Crippen molar-refractivity contribution >= 4 is 21.8 Å².